The van der Waals surface area contributed by atoms with Crippen molar-refractivity contribution in [2.75, 3.05) is 30.6 Å². The molecule has 0 bridgehead atoms. The third-order valence-corrected chi connectivity index (χ3v) is 2.22. The van der Waals surface area contributed by atoms with E-state index in [0.29, 0.717) is 0 Å². The van der Waals surface area contributed by atoms with Gasteiger partial charge in [-0.15, -0.1) is 0 Å². The fourth-order valence-corrected chi connectivity index (χ4v) is 1.73. The molecular formula is C8H13N3. The van der Waals surface area contributed by atoms with Crippen LogP contribution >= 0.6 is 0 Å². The first kappa shape index (κ1) is 6.58. The highest BCUT2D eigenvalue weighted by molar-refractivity contribution is 5.73. The molecule has 0 fully saturated rings. The summed E-state index contributed by atoms with van der Waals surface area (Å²) in [6.07, 6.45) is 2.09. The number of hydrogen-bond acceptors (Lipinski definition) is 2. The van der Waals surface area contributed by atoms with Crippen LogP contribution in [0.4, 0.5) is 11.5 Å². The van der Waals surface area contributed by atoms with Crippen LogP contribution in [0.1, 0.15) is 0 Å². The molecule has 0 saturated carbocycles. The van der Waals surface area contributed by atoms with Crippen LogP contribution in [0.2, 0.25) is 0 Å². The van der Waals surface area contributed by atoms with Crippen molar-refractivity contribution in [3.05, 3.63) is 12.3 Å². The van der Waals surface area contributed by atoms with Gasteiger partial charge in [0.05, 0.1) is 12.4 Å². The van der Waals surface area contributed by atoms with Crippen molar-refractivity contribution in [2.45, 2.75) is 0 Å². The van der Waals surface area contributed by atoms with Crippen LogP contribution in [0.15, 0.2) is 12.3 Å². The third kappa shape index (κ3) is 0.737. The standard InChI is InChI=1S/C8H13N3/c1-9-5-4-7-8(9)11(3)6-10(7)2/h4-5H,6H2,1-3H3. The van der Waals surface area contributed by atoms with E-state index in [9.17, 15) is 0 Å². The molecule has 0 saturated heterocycles. The van der Waals surface area contributed by atoms with Crippen LogP contribution < -0.4 is 9.80 Å². The lowest BCUT2D eigenvalue weighted by Gasteiger charge is -2.14. The Kier molecular flexibility index (Phi) is 1.16. The monoisotopic (exact) mass is 151 g/mol. The Morgan fingerprint density at radius 1 is 1.18 bits per heavy atom. The summed E-state index contributed by atoms with van der Waals surface area (Å²) in [5.41, 5.74) is 1.33. The van der Waals surface area contributed by atoms with Gasteiger partial charge in [-0.1, -0.05) is 0 Å². The van der Waals surface area contributed by atoms with Crippen LogP contribution in [0, 0.1) is 0 Å². The molecule has 2 rings (SSSR count). The van der Waals surface area contributed by atoms with Crippen molar-refractivity contribution in [3.63, 3.8) is 0 Å². The summed E-state index contributed by atoms with van der Waals surface area (Å²) < 4.78 is 2.15. The van der Waals surface area contributed by atoms with E-state index >= 15 is 0 Å². The lowest BCUT2D eigenvalue weighted by molar-refractivity contribution is 0.846. The van der Waals surface area contributed by atoms with Gasteiger partial charge in [0.15, 0.2) is 0 Å². The quantitative estimate of drug-likeness (QED) is 0.545. The summed E-state index contributed by atoms with van der Waals surface area (Å²) in [6.45, 7) is 0.999. The number of rotatable bonds is 0. The average molecular weight is 151 g/mol. The van der Waals surface area contributed by atoms with Crippen molar-refractivity contribution in [3.8, 4) is 0 Å². The number of hydrogen-bond donors (Lipinski definition) is 0. The summed E-state index contributed by atoms with van der Waals surface area (Å²) in [7, 11) is 6.30. The minimum atomic E-state index is 0.999. The van der Waals surface area contributed by atoms with E-state index in [1.165, 1.54) is 11.5 Å². The summed E-state index contributed by atoms with van der Waals surface area (Å²) in [4.78, 5) is 4.49. The molecule has 1 aliphatic heterocycles. The predicted octanol–water partition coefficient (Wildman–Crippen LogP) is 0.869. The lowest BCUT2D eigenvalue weighted by atomic mass is 10.5. The predicted molar refractivity (Wildman–Crippen MR) is 47.1 cm³/mol. The zero-order chi connectivity index (χ0) is 8.01. The highest BCUT2D eigenvalue weighted by Crippen LogP contribution is 2.33. The van der Waals surface area contributed by atoms with Crippen molar-refractivity contribution >= 4 is 11.5 Å². The number of fused-ring (bicyclic) bond motifs is 1. The van der Waals surface area contributed by atoms with Gasteiger partial charge in [0.2, 0.25) is 0 Å². The maximum Gasteiger partial charge on any atom is 0.133 e. The molecule has 60 valence electrons. The summed E-state index contributed by atoms with van der Waals surface area (Å²) in [5.74, 6) is 1.31. The van der Waals surface area contributed by atoms with Crippen molar-refractivity contribution in [1.29, 1.82) is 0 Å². The SMILES string of the molecule is CN1CN(C)c2c1ccn2C. The van der Waals surface area contributed by atoms with Gasteiger partial charge in [-0.2, -0.15) is 0 Å². The molecule has 11 heavy (non-hydrogen) atoms. The Bertz CT molecular complexity index is 277. The molecule has 0 amide bonds. The van der Waals surface area contributed by atoms with Gasteiger partial charge in [-0.25, -0.2) is 0 Å². The van der Waals surface area contributed by atoms with Gasteiger partial charge in [-0.3, -0.25) is 0 Å². The Hall–Kier alpha value is -1.12. The summed E-state index contributed by atoms with van der Waals surface area (Å²) >= 11 is 0. The van der Waals surface area contributed by atoms with Crippen molar-refractivity contribution in [1.82, 2.24) is 4.57 Å². The van der Waals surface area contributed by atoms with Crippen LogP contribution in [0.25, 0.3) is 0 Å². The first-order chi connectivity index (χ1) is 5.20. The third-order valence-electron chi connectivity index (χ3n) is 2.22. The molecular weight excluding hydrogens is 138 g/mol. The second-order valence-electron chi connectivity index (χ2n) is 3.17. The van der Waals surface area contributed by atoms with Crippen LogP contribution in [-0.4, -0.2) is 25.3 Å². The molecule has 1 aliphatic rings. The smallest absolute Gasteiger partial charge is 0.133 e. The first-order valence-corrected chi connectivity index (χ1v) is 3.78. The van der Waals surface area contributed by atoms with Crippen LogP contribution in [-0.2, 0) is 7.05 Å². The molecule has 0 atom stereocenters. The van der Waals surface area contributed by atoms with E-state index in [2.05, 4.69) is 47.8 Å². The number of aromatic nitrogens is 1. The molecule has 0 unspecified atom stereocenters. The second kappa shape index (κ2) is 1.94. The van der Waals surface area contributed by atoms with Crippen molar-refractivity contribution in [2.24, 2.45) is 7.05 Å². The van der Waals surface area contributed by atoms with E-state index in [-0.39, 0.29) is 0 Å². The van der Waals surface area contributed by atoms with Crippen molar-refractivity contribution < 1.29 is 0 Å². The number of nitrogens with zero attached hydrogens (tertiary/aromatic N) is 3. The molecule has 0 spiro atoms. The van der Waals surface area contributed by atoms with E-state index in [1.54, 1.807) is 0 Å². The largest absolute Gasteiger partial charge is 0.354 e. The topological polar surface area (TPSA) is 11.4 Å². The summed E-state index contributed by atoms with van der Waals surface area (Å²) in [5, 5.41) is 0. The van der Waals surface area contributed by atoms with E-state index in [4.69, 9.17) is 0 Å². The van der Waals surface area contributed by atoms with E-state index < -0.39 is 0 Å². The summed E-state index contributed by atoms with van der Waals surface area (Å²) in [6, 6.07) is 2.15. The first-order valence-electron chi connectivity index (χ1n) is 3.78. The van der Waals surface area contributed by atoms with Crippen LogP contribution in [0.5, 0.6) is 0 Å². The fourth-order valence-electron chi connectivity index (χ4n) is 1.73. The Balaban J connectivity index is 2.54. The average Bonchev–Trinajstić information content (AvgIpc) is 2.41. The van der Waals surface area contributed by atoms with Gasteiger partial charge < -0.3 is 14.4 Å². The molecule has 0 radical (unpaired) electrons. The molecule has 2 heterocycles. The number of anilines is 2. The molecule has 3 heteroatoms. The van der Waals surface area contributed by atoms with E-state index in [1.807, 2.05) is 0 Å². The Labute approximate surface area is 66.8 Å². The van der Waals surface area contributed by atoms with Gasteiger partial charge in [0.1, 0.15) is 5.82 Å². The number of aryl methyl sites for hydroxylation is 1. The van der Waals surface area contributed by atoms with Gasteiger partial charge in [-0.05, 0) is 6.07 Å². The maximum absolute atomic E-state index is 2.25. The molecule has 1 aromatic heterocycles. The molecule has 3 nitrogen and oxygen atoms in total. The molecule has 0 N–H and O–H groups in total. The minimum absolute atomic E-state index is 0.999. The zero-order valence-electron chi connectivity index (χ0n) is 7.20. The Morgan fingerprint density at radius 2 is 1.91 bits per heavy atom. The highest BCUT2D eigenvalue weighted by atomic mass is 15.4. The Morgan fingerprint density at radius 3 is 2.55 bits per heavy atom. The molecule has 0 aliphatic carbocycles. The van der Waals surface area contributed by atoms with Gasteiger partial charge in [0.25, 0.3) is 0 Å². The second-order valence-corrected chi connectivity index (χ2v) is 3.17. The van der Waals surface area contributed by atoms with Gasteiger partial charge in [0, 0.05) is 27.3 Å². The van der Waals surface area contributed by atoms with E-state index in [0.717, 1.165) is 6.67 Å². The molecule has 0 aromatic carbocycles. The zero-order valence-corrected chi connectivity index (χ0v) is 7.20. The lowest BCUT2D eigenvalue weighted by Crippen LogP contribution is -2.25. The normalized spacial score (nSPS) is 15.9. The molecule has 1 aromatic rings. The fraction of sp³-hybridized carbons (Fsp3) is 0.500. The van der Waals surface area contributed by atoms with Gasteiger partial charge >= 0.3 is 0 Å². The highest BCUT2D eigenvalue weighted by Gasteiger charge is 2.22. The minimum Gasteiger partial charge on any atom is -0.354 e. The van der Waals surface area contributed by atoms with Crippen LogP contribution in [0.3, 0.4) is 0 Å². The maximum atomic E-state index is 2.25.